The molecule has 0 aliphatic carbocycles. The van der Waals surface area contributed by atoms with Gasteiger partial charge in [-0.25, -0.2) is 4.79 Å². The number of fused-ring (bicyclic) bond motifs is 1. The number of rotatable bonds is 5. The first-order valence-electron chi connectivity index (χ1n) is 5.72. The van der Waals surface area contributed by atoms with Crippen LogP contribution in [0.2, 0.25) is 0 Å². The summed E-state index contributed by atoms with van der Waals surface area (Å²) in [5, 5.41) is 18.5. The van der Waals surface area contributed by atoms with Gasteiger partial charge in [-0.2, -0.15) is 5.10 Å². The van der Waals surface area contributed by atoms with Gasteiger partial charge in [-0.05, 0) is 12.1 Å². The van der Waals surface area contributed by atoms with Crippen molar-refractivity contribution < 1.29 is 19.5 Å². The molecule has 20 heavy (non-hydrogen) atoms. The quantitative estimate of drug-likeness (QED) is 0.589. The molecule has 2 rings (SSSR count). The maximum atomic E-state index is 11.9. The molecule has 5 N–H and O–H groups in total. The third-order valence-corrected chi connectivity index (χ3v) is 2.71. The highest BCUT2D eigenvalue weighted by molar-refractivity contribution is 6.00. The van der Waals surface area contributed by atoms with Gasteiger partial charge in [0.15, 0.2) is 0 Å². The van der Waals surface area contributed by atoms with Crippen LogP contribution in [0.25, 0.3) is 10.9 Å². The van der Waals surface area contributed by atoms with E-state index in [1.54, 1.807) is 18.3 Å². The van der Waals surface area contributed by atoms with E-state index in [1.807, 2.05) is 0 Å². The van der Waals surface area contributed by atoms with Gasteiger partial charge in [0.25, 0.3) is 5.91 Å². The molecule has 0 bridgehead atoms. The van der Waals surface area contributed by atoms with Gasteiger partial charge in [0.1, 0.15) is 6.04 Å². The molecule has 0 spiro atoms. The molecule has 1 atom stereocenters. The summed E-state index contributed by atoms with van der Waals surface area (Å²) in [4.78, 5) is 33.6. The largest absolute Gasteiger partial charge is 0.480 e. The molecule has 2 amide bonds. The first kappa shape index (κ1) is 13.5. The molecule has 0 saturated carbocycles. The number of carboxylic acids is 1. The van der Waals surface area contributed by atoms with Crippen LogP contribution in [0.4, 0.5) is 0 Å². The molecule has 1 aromatic carbocycles. The average Bonchev–Trinajstić information content (AvgIpc) is 2.84. The van der Waals surface area contributed by atoms with Crippen LogP contribution in [-0.4, -0.2) is 39.1 Å². The molecule has 0 saturated heterocycles. The van der Waals surface area contributed by atoms with Crippen LogP contribution in [0, 0.1) is 0 Å². The SMILES string of the molecule is NC(=O)C[C@@H](NC(=O)c1ccc2cn[nH]c2c1)C(=O)O. The standard InChI is InChI=1S/C12H12N4O4/c13-10(17)4-9(12(19)20)15-11(18)6-1-2-7-5-14-16-8(7)3-6/h1-3,5,9H,4H2,(H2,13,17)(H,14,16)(H,15,18)(H,19,20)/t9-/m1/s1. The molecular weight excluding hydrogens is 264 g/mol. The molecule has 0 radical (unpaired) electrons. The highest BCUT2D eigenvalue weighted by Crippen LogP contribution is 2.12. The van der Waals surface area contributed by atoms with E-state index in [2.05, 4.69) is 15.5 Å². The smallest absolute Gasteiger partial charge is 0.326 e. The fraction of sp³-hybridized carbons (Fsp3) is 0.167. The summed E-state index contributed by atoms with van der Waals surface area (Å²) in [6.45, 7) is 0. The van der Waals surface area contributed by atoms with E-state index in [9.17, 15) is 14.4 Å². The summed E-state index contributed by atoms with van der Waals surface area (Å²) in [6, 6.07) is 3.41. The predicted octanol–water partition coefficient (Wildman–Crippen LogP) is -0.379. The molecular formula is C12H12N4O4. The molecule has 0 aliphatic rings. The molecule has 0 fully saturated rings. The molecule has 1 heterocycles. The fourth-order valence-corrected chi connectivity index (χ4v) is 1.72. The number of primary amides is 1. The Morgan fingerprint density at radius 3 is 2.80 bits per heavy atom. The third-order valence-electron chi connectivity index (χ3n) is 2.71. The third kappa shape index (κ3) is 2.91. The number of carbonyl (C=O) groups is 3. The van der Waals surface area contributed by atoms with Crippen molar-refractivity contribution in [2.24, 2.45) is 5.73 Å². The second-order valence-electron chi connectivity index (χ2n) is 4.21. The number of carboxylic acid groups (broad SMARTS) is 1. The summed E-state index contributed by atoms with van der Waals surface area (Å²) in [5.41, 5.74) is 5.85. The number of nitrogens with zero attached hydrogens (tertiary/aromatic N) is 1. The Morgan fingerprint density at radius 1 is 1.40 bits per heavy atom. The first-order valence-corrected chi connectivity index (χ1v) is 5.72. The van der Waals surface area contributed by atoms with E-state index < -0.39 is 30.2 Å². The zero-order chi connectivity index (χ0) is 14.7. The second kappa shape index (κ2) is 5.39. The number of aromatic nitrogens is 2. The van der Waals surface area contributed by atoms with Gasteiger partial charge in [0.05, 0.1) is 18.1 Å². The number of benzene rings is 1. The monoisotopic (exact) mass is 276 g/mol. The van der Waals surface area contributed by atoms with Crippen LogP contribution in [0.5, 0.6) is 0 Å². The van der Waals surface area contributed by atoms with E-state index in [4.69, 9.17) is 10.8 Å². The lowest BCUT2D eigenvalue weighted by Gasteiger charge is -2.12. The lowest BCUT2D eigenvalue weighted by atomic mass is 10.1. The van der Waals surface area contributed by atoms with Crippen molar-refractivity contribution in [1.82, 2.24) is 15.5 Å². The number of nitrogens with one attached hydrogen (secondary N) is 2. The Balaban J connectivity index is 2.17. The maximum Gasteiger partial charge on any atom is 0.326 e. The summed E-state index contributed by atoms with van der Waals surface area (Å²) in [7, 11) is 0. The van der Waals surface area contributed by atoms with Gasteiger partial charge in [0, 0.05) is 10.9 Å². The second-order valence-corrected chi connectivity index (χ2v) is 4.21. The number of carbonyl (C=O) groups excluding carboxylic acids is 2. The number of hydrogen-bond donors (Lipinski definition) is 4. The molecule has 2 aromatic rings. The Kier molecular flexibility index (Phi) is 3.65. The zero-order valence-electron chi connectivity index (χ0n) is 10.3. The number of H-pyrrole nitrogens is 1. The Hall–Kier alpha value is -2.90. The van der Waals surface area contributed by atoms with E-state index >= 15 is 0 Å². The van der Waals surface area contributed by atoms with Crippen LogP contribution in [-0.2, 0) is 9.59 Å². The molecule has 8 heteroatoms. The Morgan fingerprint density at radius 2 is 2.15 bits per heavy atom. The van der Waals surface area contributed by atoms with Crippen molar-refractivity contribution in [3.05, 3.63) is 30.0 Å². The van der Waals surface area contributed by atoms with Crippen molar-refractivity contribution in [2.45, 2.75) is 12.5 Å². The van der Waals surface area contributed by atoms with Crippen LogP contribution in [0.3, 0.4) is 0 Å². The highest BCUT2D eigenvalue weighted by atomic mass is 16.4. The van der Waals surface area contributed by atoms with E-state index in [0.29, 0.717) is 5.52 Å². The normalized spacial score (nSPS) is 12.0. The highest BCUT2D eigenvalue weighted by Gasteiger charge is 2.22. The van der Waals surface area contributed by atoms with Crippen LogP contribution >= 0.6 is 0 Å². The fourth-order valence-electron chi connectivity index (χ4n) is 1.72. The Bertz CT molecular complexity index is 679. The number of aromatic amines is 1. The molecule has 0 unspecified atom stereocenters. The minimum atomic E-state index is -1.35. The van der Waals surface area contributed by atoms with Crippen LogP contribution in [0.15, 0.2) is 24.4 Å². The number of amides is 2. The van der Waals surface area contributed by atoms with Gasteiger partial charge in [-0.1, -0.05) is 6.07 Å². The van der Waals surface area contributed by atoms with Crippen LogP contribution in [0.1, 0.15) is 16.8 Å². The topological polar surface area (TPSA) is 138 Å². The van der Waals surface area contributed by atoms with Crippen molar-refractivity contribution in [3.63, 3.8) is 0 Å². The summed E-state index contributed by atoms with van der Waals surface area (Å²) >= 11 is 0. The Labute approximate surface area is 113 Å². The van der Waals surface area contributed by atoms with Crippen LogP contribution < -0.4 is 11.1 Å². The molecule has 8 nitrogen and oxygen atoms in total. The summed E-state index contributed by atoms with van der Waals surface area (Å²) < 4.78 is 0. The minimum absolute atomic E-state index is 0.262. The average molecular weight is 276 g/mol. The predicted molar refractivity (Wildman–Crippen MR) is 68.8 cm³/mol. The van der Waals surface area contributed by atoms with Gasteiger partial charge in [-0.15, -0.1) is 0 Å². The van der Waals surface area contributed by atoms with Crippen molar-refractivity contribution >= 4 is 28.7 Å². The van der Waals surface area contributed by atoms with Crippen molar-refractivity contribution in [3.8, 4) is 0 Å². The maximum absolute atomic E-state index is 11.9. The molecule has 1 aromatic heterocycles. The van der Waals surface area contributed by atoms with E-state index in [1.165, 1.54) is 6.07 Å². The zero-order valence-corrected chi connectivity index (χ0v) is 10.3. The van der Waals surface area contributed by atoms with Crippen molar-refractivity contribution in [1.29, 1.82) is 0 Å². The van der Waals surface area contributed by atoms with Crippen molar-refractivity contribution in [2.75, 3.05) is 0 Å². The first-order chi connectivity index (χ1) is 9.47. The lowest BCUT2D eigenvalue weighted by Crippen LogP contribution is -2.43. The number of nitrogens with two attached hydrogens (primary N) is 1. The number of aliphatic carboxylic acids is 1. The van der Waals surface area contributed by atoms with E-state index in [-0.39, 0.29) is 5.56 Å². The summed E-state index contributed by atoms with van der Waals surface area (Å²) in [6.07, 6.45) is 1.14. The molecule has 104 valence electrons. The van der Waals surface area contributed by atoms with E-state index in [0.717, 1.165) is 5.39 Å². The minimum Gasteiger partial charge on any atom is -0.480 e. The number of hydrogen-bond acceptors (Lipinski definition) is 4. The lowest BCUT2D eigenvalue weighted by molar-refractivity contribution is -0.140. The van der Waals surface area contributed by atoms with Gasteiger partial charge in [0.2, 0.25) is 5.91 Å². The summed E-state index contributed by atoms with van der Waals surface area (Å²) in [5.74, 6) is -2.73. The molecule has 0 aliphatic heterocycles. The van der Waals surface area contributed by atoms with Gasteiger partial charge < -0.3 is 16.2 Å². The van der Waals surface area contributed by atoms with Gasteiger partial charge in [-0.3, -0.25) is 14.7 Å². The van der Waals surface area contributed by atoms with Gasteiger partial charge >= 0.3 is 5.97 Å².